The van der Waals surface area contributed by atoms with E-state index in [1.165, 1.54) is 12.1 Å². The van der Waals surface area contributed by atoms with E-state index in [-0.39, 0.29) is 11.5 Å². The highest BCUT2D eigenvalue weighted by molar-refractivity contribution is 6.02. The number of carboxylic acids is 2. The van der Waals surface area contributed by atoms with E-state index in [9.17, 15) is 29.4 Å². The van der Waals surface area contributed by atoms with E-state index < -0.39 is 46.7 Å². The Morgan fingerprint density at radius 3 is 1.44 bits per heavy atom. The maximum Gasteiger partial charge on any atom is 0.315 e. The molecular formula is C31H24O8-2. The van der Waals surface area contributed by atoms with Crippen molar-refractivity contribution in [1.29, 1.82) is 0 Å². The van der Waals surface area contributed by atoms with Gasteiger partial charge < -0.3 is 29.3 Å². The van der Waals surface area contributed by atoms with Gasteiger partial charge in [0.2, 0.25) is 0 Å². The maximum absolute atomic E-state index is 13.4. The standard InChI is InChI=1S/C31H26O8/c1-18(27(32)33)31(30(36)37,19(2)28(34)38-25-16-8-12-21-10-4-6-14-23(21)25)20(3)29(35)39-26-17-9-13-22-11-5-7-15-24(22)26/h4-17,19-20H,1H2,2-3H3,(H,32,33)(H,36,37)/p-2. The first-order valence-electron chi connectivity index (χ1n) is 12.1. The zero-order chi connectivity index (χ0) is 28.3. The Kier molecular flexibility index (Phi) is 7.49. The van der Waals surface area contributed by atoms with Crippen LogP contribution in [0.3, 0.4) is 0 Å². The largest absolute Gasteiger partial charge is 0.549 e. The predicted molar refractivity (Wildman–Crippen MR) is 139 cm³/mol. The first-order chi connectivity index (χ1) is 18.6. The number of carbonyl (C=O) groups excluding carboxylic acids is 4. The van der Waals surface area contributed by atoms with Crippen molar-refractivity contribution in [2.45, 2.75) is 13.8 Å². The minimum atomic E-state index is -2.76. The average molecular weight is 525 g/mol. The molecule has 0 N–H and O–H groups in total. The van der Waals surface area contributed by atoms with Crippen LogP contribution in [0, 0.1) is 17.3 Å². The number of aliphatic carboxylic acids is 2. The second kappa shape index (κ2) is 10.8. The highest BCUT2D eigenvalue weighted by Gasteiger charge is 2.53. The fraction of sp³-hybridized carbons (Fsp3) is 0.161. The molecule has 0 aliphatic rings. The molecule has 8 heteroatoms. The number of carboxylic acid groups (broad SMARTS) is 2. The number of carbonyl (C=O) groups is 4. The third kappa shape index (κ3) is 4.84. The topological polar surface area (TPSA) is 133 Å². The first kappa shape index (κ1) is 27.1. The van der Waals surface area contributed by atoms with E-state index in [2.05, 4.69) is 6.58 Å². The molecule has 0 bridgehead atoms. The molecule has 0 heterocycles. The molecule has 0 radical (unpaired) electrons. The van der Waals surface area contributed by atoms with Crippen LogP contribution in [0.25, 0.3) is 21.5 Å². The molecule has 0 aromatic heterocycles. The van der Waals surface area contributed by atoms with E-state index in [0.717, 1.165) is 24.6 Å². The van der Waals surface area contributed by atoms with E-state index >= 15 is 0 Å². The van der Waals surface area contributed by atoms with Crippen molar-refractivity contribution in [1.82, 2.24) is 0 Å². The van der Waals surface area contributed by atoms with E-state index in [0.29, 0.717) is 10.8 Å². The second-order valence-corrected chi connectivity index (χ2v) is 9.16. The Hall–Kier alpha value is -4.98. The van der Waals surface area contributed by atoms with Gasteiger partial charge in [-0.05, 0) is 28.5 Å². The minimum Gasteiger partial charge on any atom is -0.549 e. The molecule has 8 nitrogen and oxygen atoms in total. The molecule has 4 aromatic rings. The van der Waals surface area contributed by atoms with Crippen molar-refractivity contribution in [2.24, 2.45) is 17.3 Å². The number of hydrogen-bond acceptors (Lipinski definition) is 8. The molecule has 0 aliphatic heterocycles. The molecule has 2 atom stereocenters. The summed E-state index contributed by atoms with van der Waals surface area (Å²) in [7, 11) is 0. The van der Waals surface area contributed by atoms with Crippen LogP contribution in [-0.4, -0.2) is 23.9 Å². The number of rotatable bonds is 9. The lowest BCUT2D eigenvalue weighted by Gasteiger charge is -2.44. The third-order valence-electron chi connectivity index (χ3n) is 7.08. The van der Waals surface area contributed by atoms with Crippen LogP contribution >= 0.6 is 0 Å². The van der Waals surface area contributed by atoms with Crippen LogP contribution in [0.5, 0.6) is 11.5 Å². The van der Waals surface area contributed by atoms with E-state index in [1.54, 1.807) is 72.8 Å². The number of esters is 2. The smallest absolute Gasteiger partial charge is 0.315 e. The summed E-state index contributed by atoms with van der Waals surface area (Å²) >= 11 is 0. The van der Waals surface area contributed by atoms with Gasteiger partial charge in [-0.2, -0.15) is 0 Å². The zero-order valence-corrected chi connectivity index (χ0v) is 21.2. The molecular weight excluding hydrogens is 500 g/mol. The summed E-state index contributed by atoms with van der Waals surface area (Å²) in [6, 6.07) is 24.0. The predicted octanol–water partition coefficient (Wildman–Crippen LogP) is 2.82. The molecule has 2 unspecified atom stereocenters. The minimum absolute atomic E-state index is 0.127. The maximum atomic E-state index is 13.4. The summed E-state index contributed by atoms with van der Waals surface area (Å²) in [6.07, 6.45) is 0. The quantitative estimate of drug-likeness (QED) is 0.185. The second-order valence-electron chi connectivity index (χ2n) is 9.16. The SMILES string of the molecule is C=C(C(=O)[O-])C(C(=O)[O-])(C(C)C(=O)Oc1cccc2ccccc12)C(C)C(=O)Oc1cccc2ccccc12. The molecule has 0 saturated carbocycles. The van der Waals surface area contributed by atoms with Crippen LogP contribution in [0.1, 0.15) is 13.8 Å². The lowest BCUT2D eigenvalue weighted by atomic mass is 9.63. The monoisotopic (exact) mass is 524 g/mol. The first-order valence-corrected chi connectivity index (χ1v) is 12.1. The van der Waals surface area contributed by atoms with Crippen molar-refractivity contribution in [3.63, 3.8) is 0 Å². The summed E-state index contributed by atoms with van der Waals surface area (Å²) in [5.41, 5.74) is -3.78. The van der Waals surface area contributed by atoms with Gasteiger partial charge in [0, 0.05) is 10.8 Å². The normalized spacial score (nSPS) is 14.1. The molecule has 0 amide bonds. The van der Waals surface area contributed by atoms with Gasteiger partial charge in [-0.15, -0.1) is 0 Å². The summed E-state index contributed by atoms with van der Waals surface area (Å²) in [5, 5.41) is 27.3. The van der Waals surface area contributed by atoms with Crippen LogP contribution in [0.4, 0.5) is 0 Å². The van der Waals surface area contributed by atoms with Crippen molar-refractivity contribution in [2.75, 3.05) is 0 Å². The molecule has 0 spiro atoms. The lowest BCUT2D eigenvalue weighted by molar-refractivity contribution is -0.326. The van der Waals surface area contributed by atoms with Crippen LogP contribution in [0.15, 0.2) is 97.1 Å². The Bertz CT molecular complexity index is 1510. The molecule has 0 aliphatic carbocycles. The number of ether oxygens (including phenoxy) is 2. The van der Waals surface area contributed by atoms with Gasteiger partial charge in [0.05, 0.1) is 29.2 Å². The lowest BCUT2D eigenvalue weighted by Crippen LogP contribution is -2.59. The van der Waals surface area contributed by atoms with Crippen molar-refractivity contribution in [3.05, 3.63) is 97.1 Å². The highest BCUT2D eigenvalue weighted by Crippen LogP contribution is 2.44. The number of fused-ring (bicyclic) bond motifs is 2. The summed E-state index contributed by atoms with van der Waals surface area (Å²) in [5.74, 6) is -9.44. The fourth-order valence-electron chi connectivity index (χ4n) is 4.88. The molecule has 4 rings (SSSR count). The van der Waals surface area contributed by atoms with Crippen LogP contribution in [-0.2, 0) is 19.2 Å². The van der Waals surface area contributed by atoms with Gasteiger partial charge in [0.25, 0.3) is 0 Å². The Labute approximate surface area is 224 Å². The van der Waals surface area contributed by atoms with Gasteiger partial charge in [-0.3, -0.25) is 9.59 Å². The van der Waals surface area contributed by atoms with Crippen molar-refractivity contribution < 1.29 is 38.9 Å². The highest BCUT2D eigenvalue weighted by atomic mass is 16.5. The van der Waals surface area contributed by atoms with Crippen molar-refractivity contribution in [3.8, 4) is 11.5 Å². The Balaban J connectivity index is 1.73. The Morgan fingerprint density at radius 2 is 1.05 bits per heavy atom. The van der Waals surface area contributed by atoms with Crippen molar-refractivity contribution >= 4 is 45.4 Å². The van der Waals surface area contributed by atoms with E-state index in [4.69, 9.17) is 9.47 Å². The summed E-state index contributed by atoms with van der Waals surface area (Å²) in [4.78, 5) is 51.4. The number of benzene rings is 4. The molecule has 4 aromatic carbocycles. The van der Waals surface area contributed by atoms with Gasteiger partial charge in [0.1, 0.15) is 11.5 Å². The average Bonchev–Trinajstić information content (AvgIpc) is 2.93. The summed E-state index contributed by atoms with van der Waals surface area (Å²) in [6.45, 7) is 5.65. The third-order valence-corrected chi connectivity index (χ3v) is 7.08. The van der Waals surface area contributed by atoms with Gasteiger partial charge >= 0.3 is 11.9 Å². The fourth-order valence-corrected chi connectivity index (χ4v) is 4.88. The van der Waals surface area contributed by atoms with Gasteiger partial charge in [0.15, 0.2) is 0 Å². The molecule has 0 fully saturated rings. The molecule has 198 valence electrons. The molecule has 39 heavy (non-hydrogen) atoms. The zero-order valence-electron chi connectivity index (χ0n) is 21.2. The summed E-state index contributed by atoms with van der Waals surface area (Å²) < 4.78 is 11.1. The van der Waals surface area contributed by atoms with Crippen LogP contribution in [0.2, 0.25) is 0 Å². The molecule has 0 saturated heterocycles. The van der Waals surface area contributed by atoms with E-state index in [1.807, 2.05) is 0 Å². The Morgan fingerprint density at radius 1 is 0.667 bits per heavy atom. The van der Waals surface area contributed by atoms with Crippen LogP contribution < -0.4 is 19.7 Å². The van der Waals surface area contributed by atoms with Gasteiger partial charge in [-0.1, -0.05) is 93.2 Å². The number of hydrogen-bond donors (Lipinski definition) is 0. The van der Waals surface area contributed by atoms with Gasteiger partial charge in [-0.25, -0.2) is 0 Å².